The predicted molar refractivity (Wildman–Crippen MR) is 102 cm³/mol. The highest BCUT2D eigenvalue weighted by molar-refractivity contribution is 7.80. The molecular formula is C18H25N3O4S. The molecule has 4 N–H and O–H groups in total. The van der Waals surface area contributed by atoms with E-state index in [1.165, 1.54) is 6.08 Å². The molecule has 1 saturated carbocycles. The van der Waals surface area contributed by atoms with Gasteiger partial charge in [-0.05, 0) is 44.8 Å². The topological polar surface area (TPSA) is 103 Å². The molecule has 26 heavy (non-hydrogen) atoms. The zero-order valence-corrected chi connectivity index (χ0v) is 15.9. The summed E-state index contributed by atoms with van der Waals surface area (Å²) in [5.74, 6) is -1.05. The molecule has 2 rings (SSSR count). The van der Waals surface area contributed by atoms with Crippen LogP contribution in [0.25, 0.3) is 0 Å². The molecule has 0 aromatic rings. The van der Waals surface area contributed by atoms with Crippen LogP contribution in [-0.4, -0.2) is 36.8 Å². The molecule has 1 aliphatic heterocycles. The number of nitrogens with one attached hydrogen (secondary N) is 2. The van der Waals surface area contributed by atoms with E-state index < -0.39 is 11.9 Å². The number of dihydropyridines is 1. The third-order valence-electron chi connectivity index (χ3n) is 4.27. The average Bonchev–Trinajstić information content (AvgIpc) is 3.42. The highest BCUT2D eigenvalue weighted by Crippen LogP contribution is 2.47. The summed E-state index contributed by atoms with van der Waals surface area (Å²) < 4.78 is 10.5. The van der Waals surface area contributed by atoms with Gasteiger partial charge in [-0.25, -0.2) is 9.59 Å². The zero-order chi connectivity index (χ0) is 19.3. The number of esters is 2. The van der Waals surface area contributed by atoms with Crippen LogP contribution in [0.5, 0.6) is 0 Å². The molecule has 8 heteroatoms. The molecule has 0 spiro atoms. The minimum absolute atomic E-state index is 0.112. The van der Waals surface area contributed by atoms with Crippen molar-refractivity contribution < 1.29 is 19.1 Å². The lowest BCUT2D eigenvalue weighted by Crippen LogP contribution is -2.40. The fourth-order valence-electron chi connectivity index (χ4n) is 3.09. The Kier molecular flexibility index (Phi) is 6.79. The summed E-state index contributed by atoms with van der Waals surface area (Å²) in [6.45, 7) is 7.70. The van der Waals surface area contributed by atoms with Gasteiger partial charge in [0.05, 0.1) is 24.3 Å². The quantitative estimate of drug-likeness (QED) is 0.329. The maximum atomic E-state index is 12.7. The van der Waals surface area contributed by atoms with E-state index in [0.717, 1.165) is 12.8 Å². The van der Waals surface area contributed by atoms with Gasteiger partial charge in [0.25, 0.3) is 0 Å². The largest absolute Gasteiger partial charge is 0.463 e. The van der Waals surface area contributed by atoms with E-state index in [2.05, 4.69) is 17.2 Å². The smallest absolute Gasteiger partial charge is 0.336 e. The third kappa shape index (κ3) is 4.63. The summed E-state index contributed by atoms with van der Waals surface area (Å²) in [6, 6.07) is 0. The highest BCUT2D eigenvalue weighted by Gasteiger charge is 2.45. The lowest BCUT2D eigenvalue weighted by atomic mass is 9.81. The van der Waals surface area contributed by atoms with Gasteiger partial charge < -0.3 is 25.8 Å². The molecule has 7 nitrogen and oxygen atoms in total. The van der Waals surface area contributed by atoms with Crippen LogP contribution in [0.4, 0.5) is 0 Å². The second-order valence-electron chi connectivity index (χ2n) is 6.20. The van der Waals surface area contributed by atoms with Gasteiger partial charge >= 0.3 is 11.9 Å². The van der Waals surface area contributed by atoms with Crippen molar-refractivity contribution in [2.24, 2.45) is 17.6 Å². The van der Waals surface area contributed by atoms with Crippen LogP contribution in [0.15, 0.2) is 35.2 Å². The van der Waals surface area contributed by atoms with Crippen molar-refractivity contribution in [3.05, 3.63) is 35.2 Å². The van der Waals surface area contributed by atoms with Crippen LogP contribution in [0.3, 0.4) is 0 Å². The van der Waals surface area contributed by atoms with Crippen LogP contribution in [0.1, 0.15) is 26.7 Å². The summed E-state index contributed by atoms with van der Waals surface area (Å²) >= 11 is 4.86. The molecule has 0 aromatic carbocycles. The molecule has 1 unspecified atom stereocenters. The van der Waals surface area contributed by atoms with Crippen LogP contribution in [-0.2, 0) is 19.1 Å². The van der Waals surface area contributed by atoms with Gasteiger partial charge in [0.1, 0.15) is 6.61 Å². The molecule has 1 fully saturated rings. The Morgan fingerprint density at radius 1 is 1.35 bits per heavy atom. The molecule has 0 radical (unpaired) electrons. The molecule has 0 amide bonds. The molecule has 2 aliphatic rings. The van der Waals surface area contributed by atoms with Crippen molar-refractivity contribution >= 4 is 29.3 Å². The van der Waals surface area contributed by atoms with E-state index in [1.54, 1.807) is 13.8 Å². The fraction of sp³-hybridized carbons (Fsp3) is 0.500. The van der Waals surface area contributed by atoms with Gasteiger partial charge in [-0.1, -0.05) is 12.7 Å². The van der Waals surface area contributed by atoms with Crippen molar-refractivity contribution in [1.29, 1.82) is 0 Å². The second-order valence-corrected chi connectivity index (χ2v) is 6.64. The number of ether oxygens (including phenoxy) is 2. The Bertz CT molecular complexity index is 680. The summed E-state index contributed by atoms with van der Waals surface area (Å²) in [7, 11) is 0. The Labute approximate surface area is 158 Å². The van der Waals surface area contributed by atoms with Gasteiger partial charge in [-0.15, -0.1) is 0 Å². The van der Waals surface area contributed by atoms with E-state index in [9.17, 15) is 9.59 Å². The van der Waals surface area contributed by atoms with E-state index in [-0.39, 0.29) is 36.7 Å². The van der Waals surface area contributed by atoms with Gasteiger partial charge in [-0.3, -0.25) is 0 Å². The maximum Gasteiger partial charge on any atom is 0.336 e. The highest BCUT2D eigenvalue weighted by atomic mass is 32.1. The van der Waals surface area contributed by atoms with Crippen LogP contribution < -0.4 is 16.4 Å². The lowest BCUT2D eigenvalue weighted by molar-refractivity contribution is -0.140. The van der Waals surface area contributed by atoms with E-state index in [4.69, 9.17) is 27.4 Å². The second kappa shape index (κ2) is 8.84. The zero-order valence-electron chi connectivity index (χ0n) is 15.1. The summed E-state index contributed by atoms with van der Waals surface area (Å²) in [5, 5.41) is 6.11. The number of hydrogen-bond donors (Lipinski definition) is 3. The maximum absolute atomic E-state index is 12.7. The van der Waals surface area contributed by atoms with Crippen molar-refractivity contribution in [2.45, 2.75) is 26.7 Å². The normalized spacial score (nSPS) is 19.5. The van der Waals surface area contributed by atoms with Gasteiger partial charge in [-0.2, -0.15) is 0 Å². The van der Waals surface area contributed by atoms with Crippen LogP contribution in [0, 0.1) is 11.8 Å². The van der Waals surface area contributed by atoms with Gasteiger partial charge in [0, 0.05) is 17.3 Å². The van der Waals surface area contributed by atoms with Crippen LogP contribution in [0.2, 0.25) is 0 Å². The molecule has 1 aliphatic carbocycles. The minimum atomic E-state index is -0.449. The standard InChI is InChI=1S/C18H25N3O4S/c1-4-8-25-16(22)13-10(3)21-12(9-20-18(19)26)15(17(23)24-5-2)14(13)11-6-7-11/h4,11,14,21H,1,5-9H2,2-3H3,(H3,19,20,26). The molecule has 0 saturated heterocycles. The SMILES string of the molecule is C=CCOC(=O)C1=C(C)NC(CNC(N)=S)=C(C(=O)OCC)C1C1CC1. The summed E-state index contributed by atoms with van der Waals surface area (Å²) in [6.07, 6.45) is 3.39. The van der Waals surface area contributed by atoms with Crippen molar-refractivity contribution in [3.8, 4) is 0 Å². The number of thiocarbonyl (C=S) groups is 1. The Morgan fingerprint density at radius 3 is 2.54 bits per heavy atom. The summed E-state index contributed by atoms with van der Waals surface area (Å²) in [5.41, 5.74) is 7.70. The van der Waals surface area contributed by atoms with E-state index >= 15 is 0 Å². The van der Waals surface area contributed by atoms with Crippen molar-refractivity contribution in [2.75, 3.05) is 19.8 Å². The molecule has 1 atom stereocenters. The summed E-state index contributed by atoms with van der Waals surface area (Å²) in [4.78, 5) is 25.3. The molecule has 0 bridgehead atoms. The Hall–Kier alpha value is -2.35. The monoisotopic (exact) mass is 379 g/mol. The van der Waals surface area contributed by atoms with Crippen molar-refractivity contribution in [1.82, 2.24) is 10.6 Å². The fourth-order valence-corrected chi connectivity index (χ4v) is 3.17. The van der Waals surface area contributed by atoms with E-state index in [1.807, 2.05) is 0 Å². The average molecular weight is 379 g/mol. The number of hydrogen-bond acceptors (Lipinski definition) is 6. The first kappa shape index (κ1) is 20.0. The number of allylic oxidation sites excluding steroid dienone is 1. The number of carbonyl (C=O) groups excluding carboxylic acids is 2. The molecule has 1 heterocycles. The third-order valence-corrected chi connectivity index (χ3v) is 4.41. The Morgan fingerprint density at radius 2 is 2.00 bits per heavy atom. The molecular weight excluding hydrogens is 354 g/mol. The van der Waals surface area contributed by atoms with Gasteiger partial charge in [0.2, 0.25) is 0 Å². The number of nitrogens with two attached hydrogens (primary N) is 1. The lowest BCUT2D eigenvalue weighted by Gasteiger charge is -2.31. The Balaban J connectivity index is 2.43. The van der Waals surface area contributed by atoms with E-state index in [0.29, 0.717) is 22.5 Å². The number of rotatable bonds is 8. The van der Waals surface area contributed by atoms with Gasteiger partial charge in [0.15, 0.2) is 5.11 Å². The number of carbonyl (C=O) groups is 2. The first-order chi connectivity index (χ1) is 12.4. The predicted octanol–water partition coefficient (Wildman–Crippen LogP) is 1.27. The molecule has 142 valence electrons. The van der Waals surface area contributed by atoms with Crippen LogP contribution >= 0.6 is 12.2 Å². The first-order valence-corrected chi connectivity index (χ1v) is 9.00. The first-order valence-electron chi connectivity index (χ1n) is 8.59. The molecule has 0 aromatic heterocycles. The van der Waals surface area contributed by atoms with Crippen molar-refractivity contribution in [3.63, 3.8) is 0 Å². The minimum Gasteiger partial charge on any atom is -0.463 e.